The molecule has 0 saturated heterocycles. The summed E-state index contributed by atoms with van der Waals surface area (Å²) in [7, 11) is 3.84. The van der Waals surface area contributed by atoms with Gasteiger partial charge < -0.3 is 14.2 Å². The summed E-state index contributed by atoms with van der Waals surface area (Å²) >= 11 is 2.10. The maximum absolute atomic E-state index is 14.8. The molecule has 10 heteroatoms. The normalized spacial score (nSPS) is 11.3. The molecule has 27 heavy (non-hydrogen) atoms. The van der Waals surface area contributed by atoms with Crippen LogP contribution in [0.25, 0.3) is 22.0 Å². The van der Waals surface area contributed by atoms with Crippen LogP contribution >= 0.6 is 28.4 Å². The van der Waals surface area contributed by atoms with Gasteiger partial charge >= 0.3 is 5.97 Å². The van der Waals surface area contributed by atoms with Gasteiger partial charge in [0.25, 0.3) is 0 Å². The minimum absolute atomic E-state index is 0.136. The summed E-state index contributed by atoms with van der Waals surface area (Å²) in [6.07, 6.45) is 0.174. The molecule has 0 aliphatic rings. The van der Waals surface area contributed by atoms with E-state index in [0.29, 0.717) is 10.9 Å². The van der Waals surface area contributed by atoms with Gasteiger partial charge in [-0.1, -0.05) is 6.07 Å². The summed E-state index contributed by atoms with van der Waals surface area (Å²) in [6.45, 7) is 0. The summed E-state index contributed by atoms with van der Waals surface area (Å²) in [5.41, 5.74) is 0.688. The average molecular weight is 506 g/mol. The molecule has 1 unspecified atom stereocenters. The van der Waals surface area contributed by atoms with E-state index < -0.39 is 17.6 Å². The molecule has 0 spiro atoms. The number of esters is 1. The van der Waals surface area contributed by atoms with Crippen LogP contribution < -0.4 is 9.47 Å². The molecule has 1 heterocycles. The minimum atomic E-state index is -0.841. The highest BCUT2D eigenvalue weighted by atomic mass is 127. The van der Waals surface area contributed by atoms with Gasteiger partial charge in [0.15, 0.2) is 28.8 Å². The van der Waals surface area contributed by atoms with E-state index in [2.05, 4.69) is 27.1 Å². The zero-order valence-corrected chi connectivity index (χ0v) is 17.6. The first kappa shape index (κ1) is 19.8. The Morgan fingerprint density at radius 3 is 2.26 bits per heavy atom. The number of ether oxygens (including phenoxy) is 3. The Bertz CT molecular complexity index is 1010. The van der Waals surface area contributed by atoms with Crippen LogP contribution in [-0.4, -0.2) is 36.8 Å². The quantitative estimate of drug-likeness (QED) is 0.288. The second-order valence-corrected chi connectivity index (χ2v) is 7.39. The van der Waals surface area contributed by atoms with Crippen LogP contribution in [0.15, 0.2) is 24.3 Å². The predicted molar refractivity (Wildman–Crippen MR) is 107 cm³/mol. The number of fused-ring (bicyclic) bond motifs is 1. The fourth-order valence-electron chi connectivity index (χ4n) is 2.72. The molecule has 6 nitrogen and oxygen atoms in total. The van der Waals surface area contributed by atoms with Gasteiger partial charge in [-0.15, -0.1) is 0 Å². The highest BCUT2D eigenvalue weighted by Crippen LogP contribution is 2.39. The van der Waals surface area contributed by atoms with Crippen molar-refractivity contribution in [1.82, 2.24) is 9.55 Å². The van der Waals surface area contributed by atoms with Gasteiger partial charge in [0.2, 0.25) is 0 Å². The topological polar surface area (TPSA) is 62.6 Å². The first-order chi connectivity index (χ1) is 13.0. The highest BCUT2D eigenvalue weighted by Gasteiger charge is 2.23. The summed E-state index contributed by atoms with van der Waals surface area (Å²) in [5, 5.41) is 4.77. The third-order valence-corrected chi connectivity index (χ3v) is 5.87. The molecule has 0 saturated carbocycles. The zero-order chi connectivity index (χ0) is 19.7. The summed E-state index contributed by atoms with van der Waals surface area (Å²) < 4.78 is 45.9. The lowest BCUT2D eigenvalue weighted by Crippen LogP contribution is -2.02. The molecule has 142 valence electrons. The average Bonchev–Trinajstić information content (AvgIpc) is 3.06. The van der Waals surface area contributed by atoms with Gasteiger partial charge in [-0.05, 0) is 39.7 Å². The lowest BCUT2D eigenvalue weighted by atomic mass is 10.0. The van der Waals surface area contributed by atoms with E-state index >= 15 is 0 Å². The number of methoxy groups -OCH3 is 3. The molecular formula is C17H14F2IN2O4P. The van der Waals surface area contributed by atoms with Crippen molar-refractivity contribution in [3.05, 3.63) is 41.6 Å². The number of hydrogen-bond donors (Lipinski definition) is 0. The number of carbonyl (C=O) groups excluding carboxylic acids is 1. The molecule has 0 amide bonds. The molecule has 0 N–H and O–H groups in total. The van der Waals surface area contributed by atoms with Crippen molar-refractivity contribution in [2.45, 2.75) is 0 Å². The lowest BCUT2D eigenvalue weighted by Gasteiger charge is -2.13. The van der Waals surface area contributed by atoms with Crippen molar-refractivity contribution in [3.8, 4) is 22.6 Å². The lowest BCUT2D eigenvalue weighted by molar-refractivity contribution is 0.0596. The SMILES string of the molecule is COC(=O)c1nn(PI)c2cc(-c3c(F)c(OC)cc(OC)c3F)ccc12. The van der Waals surface area contributed by atoms with Crippen LogP contribution in [0.2, 0.25) is 0 Å². The minimum Gasteiger partial charge on any atom is -0.494 e. The predicted octanol–water partition coefficient (Wildman–Crippen LogP) is 4.58. The number of benzene rings is 2. The Labute approximate surface area is 168 Å². The van der Waals surface area contributed by atoms with Crippen LogP contribution in [0, 0.1) is 11.6 Å². The van der Waals surface area contributed by atoms with E-state index in [1.807, 2.05) is 0 Å². The first-order valence-electron chi connectivity index (χ1n) is 7.54. The summed E-state index contributed by atoms with van der Waals surface area (Å²) in [5.74, 6) is -2.54. The van der Waals surface area contributed by atoms with E-state index in [1.54, 1.807) is 16.6 Å². The number of carbonyl (C=O) groups is 1. The highest BCUT2D eigenvalue weighted by molar-refractivity contribution is 14.2. The fraction of sp³-hybridized carbons (Fsp3) is 0.176. The zero-order valence-electron chi connectivity index (χ0n) is 14.5. The molecule has 2 aromatic carbocycles. The smallest absolute Gasteiger partial charge is 0.359 e. The Morgan fingerprint density at radius 2 is 1.74 bits per heavy atom. The van der Waals surface area contributed by atoms with E-state index in [4.69, 9.17) is 14.2 Å². The van der Waals surface area contributed by atoms with E-state index in [0.717, 1.165) is 6.07 Å². The molecule has 1 atom stereocenters. The van der Waals surface area contributed by atoms with E-state index in [-0.39, 0.29) is 34.7 Å². The Hall–Kier alpha value is -2.00. The van der Waals surface area contributed by atoms with Crippen molar-refractivity contribution >= 4 is 45.3 Å². The molecular weight excluding hydrogens is 492 g/mol. The summed E-state index contributed by atoms with van der Waals surface area (Å²) in [6, 6.07) is 5.82. The maximum atomic E-state index is 14.8. The standard InChI is InChI=1S/C17H14F2IN2O4P/c1-24-11-7-12(25-2)15(19)13(14(11)18)8-4-5-9-10(6-8)22(27-20)21-16(9)17(23)26-3/h4-7,27H,1-3H3. The maximum Gasteiger partial charge on any atom is 0.359 e. The van der Waals surface area contributed by atoms with Crippen molar-refractivity contribution in [3.63, 3.8) is 0 Å². The van der Waals surface area contributed by atoms with Crippen molar-refractivity contribution < 1.29 is 27.8 Å². The Balaban J connectivity index is 2.29. The van der Waals surface area contributed by atoms with Gasteiger partial charge in [-0.25, -0.2) is 18.0 Å². The van der Waals surface area contributed by atoms with Crippen molar-refractivity contribution in [2.24, 2.45) is 0 Å². The molecule has 1 aromatic heterocycles. The second-order valence-electron chi connectivity index (χ2n) is 5.35. The molecule has 3 rings (SSSR count). The van der Waals surface area contributed by atoms with Gasteiger partial charge in [-0.3, -0.25) is 0 Å². The molecule has 3 aromatic rings. The van der Waals surface area contributed by atoms with Gasteiger partial charge in [0.1, 0.15) is 0 Å². The van der Waals surface area contributed by atoms with Crippen LogP contribution in [0.1, 0.15) is 10.5 Å². The third-order valence-electron chi connectivity index (χ3n) is 4.00. The Kier molecular flexibility index (Phi) is 5.81. The first-order valence-corrected chi connectivity index (χ1v) is 11.6. The molecule has 0 aliphatic heterocycles. The molecule has 0 radical (unpaired) electrons. The monoisotopic (exact) mass is 506 g/mol. The van der Waals surface area contributed by atoms with E-state index in [1.165, 1.54) is 27.4 Å². The second kappa shape index (κ2) is 7.93. The third kappa shape index (κ3) is 3.34. The van der Waals surface area contributed by atoms with Crippen LogP contribution in [0.4, 0.5) is 8.78 Å². The van der Waals surface area contributed by atoms with Crippen LogP contribution in [0.3, 0.4) is 0 Å². The Morgan fingerprint density at radius 1 is 1.11 bits per heavy atom. The number of aromatic nitrogens is 2. The van der Waals surface area contributed by atoms with Crippen molar-refractivity contribution in [2.75, 3.05) is 21.3 Å². The van der Waals surface area contributed by atoms with Crippen LogP contribution in [-0.2, 0) is 4.74 Å². The molecule has 0 fully saturated rings. The number of halogens is 3. The van der Waals surface area contributed by atoms with E-state index in [9.17, 15) is 13.6 Å². The molecule has 0 bridgehead atoms. The van der Waals surface area contributed by atoms with Gasteiger partial charge in [-0.2, -0.15) is 5.10 Å². The molecule has 0 aliphatic carbocycles. The van der Waals surface area contributed by atoms with Crippen LogP contribution in [0.5, 0.6) is 11.5 Å². The fourth-order valence-corrected chi connectivity index (χ4v) is 4.24. The number of hydrogen-bond acceptors (Lipinski definition) is 5. The largest absolute Gasteiger partial charge is 0.494 e. The van der Waals surface area contributed by atoms with Crippen molar-refractivity contribution in [1.29, 1.82) is 0 Å². The van der Waals surface area contributed by atoms with Gasteiger partial charge in [0.05, 0.1) is 38.8 Å². The summed E-state index contributed by atoms with van der Waals surface area (Å²) in [4.78, 5) is 11.9. The number of nitrogens with zero attached hydrogens (tertiary/aromatic N) is 2. The number of rotatable bonds is 5. The van der Waals surface area contributed by atoms with Gasteiger partial charge in [0, 0.05) is 11.5 Å².